The smallest absolute Gasteiger partial charge is 0.332 e. The predicted molar refractivity (Wildman–Crippen MR) is 94.2 cm³/mol. The fourth-order valence-corrected chi connectivity index (χ4v) is 7.11. The van der Waals surface area contributed by atoms with Gasteiger partial charge in [-0.1, -0.05) is 19.4 Å². The molecule has 3 fully saturated rings. The molecular weight excluding hydrogens is 332 g/mol. The maximum atomic E-state index is 13.3. The van der Waals surface area contributed by atoms with Crippen LogP contribution in [0.2, 0.25) is 0 Å². The van der Waals surface area contributed by atoms with Crippen molar-refractivity contribution in [2.45, 2.75) is 64.9 Å². The van der Waals surface area contributed by atoms with Gasteiger partial charge in [0.15, 0.2) is 11.9 Å². The Balaban J connectivity index is 1.70. The first-order chi connectivity index (χ1) is 12.2. The summed E-state index contributed by atoms with van der Waals surface area (Å²) in [5.41, 5.74) is 0.490. The van der Waals surface area contributed by atoms with Crippen LogP contribution >= 0.6 is 0 Å². The zero-order chi connectivity index (χ0) is 18.9. The molecule has 0 aromatic heterocycles. The molecule has 2 N–H and O–H groups in total. The summed E-state index contributed by atoms with van der Waals surface area (Å²) >= 11 is 0. The zero-order valence-corrected chi connectivity index (χ0v) is 15.5. The van der Waals surface area contributed by atoms with Gasteiger partial charge < -0.3 is 10.2 Å². The van der Waals surface area contributed by atoms with E-state index in [0.29, 0.717) is 19.3 Å². The SMILES string of the molecule is C[C@]12CC(=O)[C@H]3[C@@H](CCC4=CC(=O)CC[C@@]43C)[C@@H]1CC[C@@H]2C(O)C(=O)O. The molecule has 1 unspecified atom stereocenters. The number of hydrogen-bond acceptors (Lipinski definition) is 4. The van der Waals surface area contributed by atoms with Gasteiger partial charge in [-0.2, -0.15) is 0 Å². The van der Waals surface area contributed by atoms with Crippen molar-refractivity contribution in [3.05, 3.63) is 11.6 Å². The highest BCUT2D eigenvalue weighted by molar-refractivity contribution is 5.93. The summed E-state index contributed by atoms with van der Waals surface area (Å²) in [6, 6.07) is 0. The summed E-state index contributed by atoms with van der Waals surface area (Å²) < 4.78 is 0. The van der Waals surface area contributed by atoms with E-state index in [1.165, 1.54) is 0 Å². The van der Waals surface area contributed by atoms with Crippen molar-refractivity contribution in [1.82, 2.24) is 0 Å². The lowest BCUT2D eigenvalue weighted by molar-refractivity contribution is -0.159. The number of carbonyl (C=O) groups is 3. The molecule has 0 radical (unpaired) electrons. The number of fused-ring (bicyclic) bond motifs is 5. The predicted octanol–water partition coefficient (Wildman–Crippen LogP) is 2.76. The number of aliphatic hydroxyl groups excluding tert-OH is 1. The molecule has 0 aliphatic heterocycles. The number of allylic oxidation sites excluding steroid dienone is 1. The number of carboxylic acids is 1. The second-order valence-corrected chi connectivity index (χ2v) is 9.46. The third-order valence-corrected chi connectivity index (χ3v) is 8.36. The van der Waals surface area contributed by atoms with Gasteiger partial charge >= 0.3 is 5.97 Å². The number of aliphatic hydroxyl groups is 1. The molecule has 3 saturated carbocycles. The van der Waals surface area contributed by atoms with Crippen LogP contribution in [0.15, 0.2) is 11.6 Å². The molecular formula is C21H28O5. The first-order valence-electron chi connectivity index (χ1n) is 9.86. The topological polar surface area (TPSA) is 91.7 Å². The van der Waals surface area contributed by atoms with Crippen molar-refractivity contribution < 1.29 is 24.6 Å². The van der Waals surface area contributed by atoms with Crippen molar-refractivity contribution in [3.63, 3.8) is 0 Å². The zero-order valence-electron chi connectivity index (χ0n) is 15.5. The highest BCUT2D eigenvalue weighted by Gasteiger charge is 2.63. The van der Waals surface area contributed by atoms with Crippen LogP contribution in [-0.2, 0) is 14.4 Å². The van der Waals surface area contributed by atoms with Crippen LogP contribution in [0, 0.1) is 34.5 Å². The Labute approximate surface area is 153 Å². The van der Waals surface area contributed by atoms with Gasteiger partial charge in [-0.3, -0.25) is 9.59 Å². The van der Waals surface area contributed by atoms with Gasteiger partial charge in [-0.15, -0.1) is 0 Å². The monoisotopic (exact) mass is 360 g/mol. The molecule has 4 rings (SSSR count). The van der Waals surface area contributed by atoms with Gasteiger partial charge in [-0.05, 0) is 60.8 Å². The highest BCUT2D eigenvalue weighted by Crippen LogP contribution is 2.65. The lowest BCUT2D eigenvalue weighted by Gasteiger charge is -2.57. The molecule has 0 spiro atoms. The molecule has 0 amide bonds. The minimum Gasteiger partial charge on any atom is -0.479 e. The molecule has 26 heavy (non-hydrogen) atoms. The number of ketones is 2. The first-order valence-corrected chi connectivity index (χ1v) is 9.86. The Morgan fingerprint density at radius 2 is 1.92 bits per heavy atom. The molecule has 5 nitrogen and oxygen atoms in total. The van der Waals surface area contributed by atoms with Crippen LogP contribution in [0.4, 0.5) is 0 Å². The van der Waals surface area contributed by atoms with Gasteiger partial charge in [0.25, 0.3) is 0 Å². The Morgan fingerprint density at radius 3 is 2.62 bits per heavy atom. The summed E-state index contributed by atoms with van der Waals surface area (Å²) in [6.07, 6.45) is 5.30. The van der Waals surface area contributed by atoms with Crippen LogP contribution in [0.25, 0.3) is 0 Å². The molecule has 4 aliphatic rings. The van der Waals surface area contributed by atoms with Crippen LogP contribution < -0.4 is 0 Å². The van der Waals surface area contributed by atoms with Gasteiger partial charge in [-0.25, -0.2) is 4.79 Å². The van der Waals surface area contributed by atoms with Crippen LogP contribution in [0.3, 0.4) is 0 Å². The minimum atomic E-state index is -1.39. The van der Waals surface area contributed by atoms with E-state index < -0.39 is 17.5 Å². The molecule has 7 atom stereocenters. The molecule has 142 valence electrons. The standard InChI is InChI=1S/C21H28O5/c1-20-8-7-12(22)9-11(20)3-4-13-14-5-6-15(18(24)19(25)26)21(14,2)10-16(23)17(13)20/h9,13-15,17-18,24H,3-8,10H2,1-2H3,(H,25,26)/t13-,14-,15+,17+,18?,20-,21-/m0/s1. The average Bonchev–Trinajstić information content (AvgIpc) is 2.90. The molecule has 4 aliphatic carbocycles. The maximum absolute atomic E-state index is 13.3. The average molecular weight is 360 g/mol. The van der Waals surface area contributed by atoms with E-state index in [0.717, 1.165) is 31.3 Å². The van der Waals surface area contributed by atoms with E-state index in [2.05, 4.69) is 6.92 Å². The van der Waals surface area contributed by atoms with E-state index >= 15 is 0 Å². The molecule has 0 aromatic rings. The number of Topliss-reactive ketones (excluding diaryl/α,β-unsaturated/α-hetero) is 1. The summed E-state index contributed by atoms with van der Waals surface area (Å²) in [7, 11) is 0. The van der Waals surface area contributed by atoms with Crippen molar-refractivity contribution in [2.24, 2.45) is 34.5 Å². The second kappa shape index (κ2) is 5.75. The van der Waals surface area contributed by atoms with E-state index in [-0.39, 0.29) is 40.7 Å². The van der Waals surface area contributed by atoms with Crippen molar-refractivity contribution in [3.8, 4) is 0 Å². The Kier molecular flexibility index (Phi) is 3.96. The third-order valence-electron chi connectivity index (χ3n) is 8.36. The fourth-order valence-electron chi connectivity index (χ4n) is 7.11. The number of aliphatic carboxylic acids is 1. The van der Waals surface area contributed by atoms with E-state index in [1.54, 1.807) is 6.08 Å². The normalized spacial score (nSPS) is 46.0. The summed E-state index contributed by atoms with van der Waals surface area (Å²) in [5.74, 6) is -0.696. The number of hydrogen-bond donors (Lipinski definition) is 2. The van der Waals surface area contributed by atoms with Gasteiger partial charge in [0.1, 0.15) is 5.78 Å². The van der Waals surface area contributed by atoms with Gasteiger partial charge in [0.2, 0.25) is 0 Å². The largest absolute Gasteiger partial charge is 0.479 e. The fraction of sp³-hybridized carbons (Fsp3) is 0.762. The van der Waals surface area contributed by atoms with E-state index in [9.17, 15) is 24.6 Å². The Hall–Kier alpha value is -1.49. The van der Waals surface area contributed by atoms with Crippen molar-refractivity contribution in [1.29, 1.82) is 0 Å². The molecule has 0 bridgehead atoms. The highest BCUT2D eigenvalue weighted by atomic mass is 16.4. The first kappa shape index (κ1) is 17.9. The lowest BCUT2D eigenvalue weighted by Crippen LogP contribution is -2.56. The van der Waals surface area contributed by atoms with Gasteiger partial charge in [0.05, 0.1) is 0 Å². The molecule has 0 saturated heterocycles. The third kappa shape index (κ3) is 2.29. The molecule has 0 heterocycles. The van der Waals surface area contributed by atoms with Crippen molar-refractivity contribution in [2.75, 3.05) is 0 Å². The Morgan fingerprint density at radius 1 is 1.19 bits per heavy atom. The number of carboxylic acid groups (broad SMARTS) is 1. The van der Waals surface area contributed by atoms with Crippen LogP contribution in [0.5, 0.6) is 0 Å². The Bertz CT molecular complexity index is 709. The second-order valence-electron chi connectivity index (χ2n) is 9.46. The van der Waals surface area contributed by atoms with E-state index in [1.807, 2.05) is 6.92 Å². The van der Waals surface area contributed by atoms with Crippen LogP contribution in [-0.4, -0.2) is 33.9 Å². The minimum absolute atomic E-state index is 0.0607. The van der Waals surface area contributed by atoms with Crippen LogP contribution in [0.1, 0.15) is 58.8 Å². The summed E-state index contributed by atoms with van der Waals surface area (Å²) in [4.78, 5) is 36.5. The molecule has 0 aromatic carbocycles. The van der Waals surface area contributed by atoms with Gasteiger partial charge in [0, 0.05) is 24.7 Å². The maximum Gasteiger partial charge on any atom is 0.332 e. The quantitative estimate of drug-likeness (QED) is 0.790. The summed E-state index contributed by atoms with van der Waals surface area (Å²) in [6.45, 7) is 4.18. The van der Waals surface area contributed by atoms with Crippen molar-refractivity contribution >= 4 is 17.5 Å². The molecule has 5 heteroatoms. The van der Waals surface area contributed by atoms with E-state index in [4.69, 9.17) is 0 Å². The number of rotatable bonds is 2. The number of carbonyl (C=O) groups excluding carboxylic acids is 2. The summed E-state index contributed by atoms with van der Waals surface area (Å²) in [5, 5.41) is 19.5. The lowest BCUT2D eigenvalue weighted by atomic mass is 9.46.